The van der Waals surface area contributed by atoms with Gasteiger partial charge in [-0.15, -0.1) is 0 Å². The maximum atomic E-state index is 12.2. The molecule has 0 spiro atoms. The van der Waals surface area contributed by atoms with Crippen LogP contribution in [-0.4, -0.2) is 90.0 Å². The molecule has 3 heterocycles. The van der Waals surface area contributed by atoms with E-state index in [-0.39, 0.29) is 11.7 Å². The molecule has 15 heteroatoms. The van der Waals surface area contributed by atoms with Gasteiger partial charge in [-0.1, -0.05) is 18.8 Å². The Bertz CT molecular complexity index is 1320. The van der Waals surface area contributed by atoms with Crippen LogP contribution in [0.3, 0.4) is 0 Å². The molecule has 1 aliphatic carbocycles. The Balaban J connectivity index is 1.67. The Labute approximate surface area is 207 Å². The van der Waals surface area contributed by atoms with Crippen molar-refractivity contribution in [3.63, 3.8) is 0 Å². The van der Waals surface area contributed by atoms with Gasteiger partial charge in [-0.05, 0) is 31.8 Å². The van der Waals surface area contributed by atoms with Crippen LogP contribution >= 0.6 is 7.60 Å². The van der Waals surface area contributed by atoms with Crippen molar-refractivity contribution < 1.29 is 42.8 Å². The highest BCUT2D eigenvalue weighted by Gasteiger charge is 2.47. The molecule has 4 rings (SSSR count). The maximum Gasteiger partial charge on any atom is 0.340 e. The highest BCUT2D eigenvalue weighted by molar-refractivity contribution is 7.97. The van der Waals surface area contributed by atoms with E-state index in [1.807, 2.05) is 0 Å². The number of aliphatic hydroxyl groups is 3. The molecule has 1 saturated heterocycles. The number of anilines is 1. The average Bonchev–Trinajstić information content (AvgIpc) is 3.47. The number of ether oxygens (including phenoxy) is 1. The lowest BCUT2D eigenvalue weighted by Gasteiger charge is -2.17. The molecule has 1 unspecified atom stereocenters. The van der Waals surface area contributed by atoms with E-state index >= 15 is 0 Å². The molecule has 0 bridgehead atoms. The first kappa shape index (κ1) is 27.0. The lowest BCUT2D eigenvalue weighted by Crippen LogP contribution is -2.36. The van der Waals surface area contributed by atoms with E-state index in [4.69, 9.17) is 14.5 Å². The first-order valence-corrected chi connectivity index (χ1v) is 15.1. The van der Waals surface area contributed by atoms with Crippen LogP contribution in [0.25, 0.3) is 11.0 Å². The van der Waals surface area contributed by atoms with Gasteiger partial charge in [0.25, 0.3) is 0 Å². The van der Waals surface area contributed by atoms with Crippen LogP contribution in [0, 0.1) is 11.8 Å². The predicted octanol–water partition coefficient (Wildman–Crippen LogP) is -0.313. The molecule has 2 aromatic rings. The summed E-state index contributed by atoms with van der Waals surface area (Å²) in [5.41, 5.74) is -0.134. The van der Waals surface area contributed by atoms with E-state index in [1.54, 1.807) is 6.07 Å². The molecule has 0 amide bonds. The summed E-state index contributed by atoms with van der Waals surface area (Å²) in [6.45, 7) is 1.51. The van der Waals surface area contributed by atoms with Crippen LogP contribution in [0.2, 0.25) is 0 Å². The summed E-state index contributed by atoms with van der Waals surface area (Å²) in [4.78, 5) is 22.5. The number of pyridine rings is 1. The zero-order chi connectivity index (χ0) is 26.3. The van der Waals surface area contributed by atoms with E-state index in [0.717, 1.165) is 25.7 Å². The predicted molar refractivity (Wildman–Crippen MR) is 129 cm³/mol. The zero-order valence-corrected chi connectivity index (χ0v) is 21.1. The second-order valence-electron chi connectivity index (χ2n) is 9.20. The van der Waals surface area contributed by atoms with Crippen molar-refractivity contribution in [1.82, 2.24) is 14.8 Å². The normalized spacial score (nSPS) is 26.2. The zero-order valence-electron chi connectivity index (χ0n) is 19.4. The lowest BCUT2D eigenvalue weighted by molar-refractivity contribution is -0.0364. The van der Waals surface area contributed by atoms with E-state index in [1.165, 1.54) is 17.8 Å². The topological polar surface area (TPSA) is 204 Å². The van der Waals surface area contributed by atoms with Crippen LogP contribution in [-0.2, 0) is 19.1 Å². The van der Waals surface area contributed by atoms with Crippen LogP contribution in [0.5, 0.6) is 0 Å². The van der Waals surface area contributed by atoms with Crippen molar-refractivity contribution in [3.05, 3.63) is 18.0 Å². The van der Waals surface area contributed by atoms with Crippen molar-refractivity contribution in [3.8, 4) is 11.8 Å². The smallest absolute Gasteiger partial charge is 0.340 e. The summed E-state index contributed by atoms with van der Waals surface area (Å²) in [6.07, 6.45) is -1.20. The molecule has 1 aliphatic heterocycles. The van der Waals surface area contributed by atoms with Gasteiger partial charge in [-0.2, -0.15) is 5.10 Å². The monoisotopic (exact) mass is 544 g/mol. The summed E-state index contributed by atoms with van der Waals surface area (Å²) >= 11 is 0. The van der Waals surface area contributed by atoms with E-state index in [0.29, 0.717) is 16.8 Å². The lowest BCUT2D eigenvalue weighted by atomic mass is 10.1. The van der Waals surface area contributed by atoms with Gasteiger partial charge >= 0.3 is 7.60 Å². The minimum Gasteiger partial charge on any atom is -0.387 e. The van der Waals surface area contributed by atoms with Crippen molar-refractivity contribution >= 4 is 34.2 Å². The summed E-state index contributed by atoms with van der Waals surface area (Å²) in [5.74, 6) is 4.52. The van der Waals surface area contributed by atoms with Gasteiger partial charge in [0.1, 0.15) is 30.1 Å². The number of nitrogens with zero attached hydrogens (tertiary/aromatic N) is 3. The molecule has 5 atom stereocenters. The number of hydrogen-bond donors (Lipinski definition) is 6. The molecule has 0 aromatic carbocycles. The molecule has 13 nitrogen and oxygen atoms in total. The van der Waals surface area contributed by atoms with E-state index < -0.39 is 59.3 Å². The molecule has 2 aromatic heterocycles. The van der Waals surface area contributed by atoms with Crippen LogP contribution in [0.4, 0.5) is 5.69 Å². The van der Waals surface area contributed by atoms with Gasteiger partial charge < -0.3 is 35.2 Å². The van der Waals surface area contributed by atoms with Gasteiger partial charge in [0.15, 0.2) is 27.2 Å². The minimum absolute atomic E-state index is 0.246. The molecule has 198 valence electrons. The van der Waals surface area contributed by atoms with Gasteiger partial charge in [-0.25, -0.2) is 18.1 Å². The third kappa shape index (κ3) is 6.24. The standard InChI is InChI=1S/C21H29N4O9PS/c1-12(26)6-7-14-8-16(23-13-4-2-3-5-13)15-9-22-25(20(15)24-14)21-19(28)18(27)17(34-21)10-36(32,33)11-35(29,30)31/h8-9,12-13,17-19,21,26-28H,2-5,10-11H2,1H3,(H,23,24)(H2,29,30,31)/t12?,17-,18-,19-,21-/m1/s1. The maximum absolute atomic E-state index is 12.2. The Morgan fingerprint density at radius 3 is 2.61 bits per heavy atom. The van der Waals surface area contributed by atoms with Gasteiger partial charge in [-0.3, -0.25) is 4.57 Å². The molecular weight excluding hydrogens is 515 g/mol. The molecule has 2 aliphatic rings. The summed E-state index contributed by atoms with van der Waals surface area (Å²) in [6, 6.07) is 1.98. The molecule has 1 saturated carbocycles. The van der Waals surface area contributed by atoms with Crippen LogP contribution < -0.4 is 5.32 Å². The van der Waals surface area contributed by atoms with E-state index in [9.17, 15) is 28.3 Å². The minimum atomic E-state index is -4.87. The van der Waals surface area contributed by atoms with Crippen LogP contribution in [0.1, 0.15) is 44.5 Å². The number of aromatic nitrogens is 3. The number of sulfone groups is 1. The second kappa shape index (κ2) is 10.4. The number of nitrogens with one attached hydrogen (secondary N) is 1. The highest BCUT2D eigenvalue weighted by Crippen LogP contribution is 2.38. The Kier molecular flexibility index (Phi) is 7.76. The second-order valence-corrected chi connectivity index (χ2v) is 13.4. The number of fused-ring (bicyclic) bond motifs is 1. The van der Waals surface area contributed by atoms with Crippen molar-refractivity contribution in [2.75, 3.05) is 16.6 Å². The fraction of sp³-hybridized carbons (Fsp3) is 0.619. The molecular formula is C21H29N4O9PS. The first-order chi connectivity index (χ1) is 16.8. The molecule has 6 N–H and O–H groups in total. The SMILES string of the molecule is CC(O)C#Cc1cc(NC2CCCC2)c2cnn([C@@H]3O[C@H](CS(=O)(=O)CP(=O)(O)O)[C@@H](O)[C@H]3O)c2n1. The van der Waals surface area contributed by atoms with Crippen molar-refractivity contribution in [1.29, 1.82) is 0 Å². The summed E-state index contributed by atoms with van der Waals surface area (Å²) in [7, 11) is -9.18. The fourth-order valence-electron chi connectivity index (χ4n) is 4.48. The Morgan fingerprint density at radius 1 is 1.28 bits per heavy atom. The van der Waals surface area contributed by atoms with Crippen molar-refractivity contribution in [2.45, 2.75) is 69.3 Å². The third-order valence-corrected chi connectivity index (χ3v) is 9.81. The number of aliphatic hydroxyl groups excluding tert-OH is 3. The largest absolute Gasteiger partial charge is 0.387 e. The summed E-state index contributed by atoms with van der Waals surface area (Å²) < 4.78 is 42.4. The van der Waals surface area contributed by atoms with Crippen molar-refractivity contribution in [2.24, 2.45) is 0 Å². The van der Waals surface area contributed by atoms with E-state index in [2.05, 4.69) is 27.2 Å². The Hall–Kier alpha value is -2.08. The quantitative estimate of drug-likeness (QED) is 0.196. The van der Waals surface area contributed by atoms with Gasteiger partial charge in [0.05, 0.1) is 17.3 Å². The molecule has 36 heavy (non-hydrogen) atoms. The van der Waals surface area contributed by atoms with Gasteiger partial charge in [0.2, 0.25) is 0 Å². The number of rotatable bonds is 7. The molecule has 2 fully saturated rings. The van der Waals surface area contributed by atoms with Gasteiger partial charge in [0, 0.05) is 11.7 Å². The summed E-state index contributed by atoms with van der Waals surface area (Å²) in [5, 5.41) is 39.0. The number of hydrogen-bond acceptors (Lipinski definition) is 10. The average molecular weight is 545 g/mol. The third-order valence-electron chi connectivity index (χ3n) is 6.05. The van der Waals surface area contributed by atoms with Crippen LogP contribution in [0.15, 0.2) is 12.3 Å². The highest BCUT2D eigenvalue weighted by atomic mass is 32.2. The fourth-order valence-corrected chi connectivity index (χ4v) is 7.73. The Morgan fingerprint density at radius 2 is 1.97 bits per heavy atom. The first-order valence-electron chi connectivity index (χ1n) is 11.4. The molecule has 0 radical (unpaired) electrons.